The SMILES string of the molecule is CC(=O)[N+]1(S(=O)(=O)c2ccc(F)cc2)c2ccc(C(=O)NCc3ccccc3Cl)cc2C2(CCNCC2)C1CC=C(C)C. The number of rotatable bonds is 7. The fourth-order valence-corrected chi connectivity index (χ4v) is 9.20. The standard InChI is InChI=1S/C33H35ClFN3O4S/c1-22(2)8-15-31-33(16-18-36-19-17-33)28-20-24(32(40)37-21-25-6-4-5-7-29(25)34)9-14-30(28)38(31,23(3)39)43(41,42)27-12-10-26(35)11-13-27/h4-14,20,31,36H,15-19,21H2,1-3H3/p+1. The molecule has 0 aliphatic carbocycles. The van der Waals surface area contributed by atoms with Crippen LogP contribution in [0.1, 0.15) is 61.5 Å². The van der Waals surface area contributed by atoms with Gasteiger partial charge < -0.3 is 10.6 Å². The number of fused-ring (bicyclic) bond motifs is 2. The van der Waals surface area contributed by atoms with E-state index in [1.165, 1.54) is 19.1 Å². The van der Waals surface area contributed by atoms with Crippen LogP contribution in [0.25, 0.3) is 0 Å². The van der Waals surface area contributed by atoms with Gasteiger partial charge in [0.25, 0.3) is 5.91 Å². The van der Waals surface area contributed by atoms with Crippen LogP contribution < -0.4 is 14.5 Å². The predicted octanol–water partition coefficient (Wildman–Crippen LogP) is 6.01. The number of hydrogen-bond acceptors (Lipinski definition) is 5. The minimum atomic E-state index is -4.43. The van der Waals surface area contributed by atoms with Crippen LogP contribution >= 0.6 is 11.6 Å². The molecule has 1 spiro atoms. The fraction of sp³-hybridized carbons (Fsp3) is 0.333. The van der Waals surface area contributed by atoms with E-state index in [1.54, 1.807) is 24.3 Å². The topological polar surface area (TPSA) is 92.3 Å². The van der Waals surface area contributed by atoms with Gasteiger partial charge in [-0.15, -0.1) is 3.89 Å². The van der Waals surface area contributed by atoms with Crippen molar-refractivity contribution in [2.24, 2.45) is 0 Å². The molecular weight excluding hydrogens is 589 g/mol. The second-order valence-electron chi connectivity index (χ2n) is 11.6. The van der Waals surface area contributed by atoms with E-state index in [4.69, 9.17) is 11.6 Å². The van der Waals surface area contributed by atoms with E-state index in [0.717, 1.165) is 23.3 Å². The molecule has 0 radical (unpaired) electrons. The molecule has 1 saturated heterocycles. The van der Waals surface area contributed by atoms with Gasteiger partial charge in [-0.2, -0.15) is 8.42 Å². The summed E-state index contributed by atoms with van der Waals surface area (Å²) in [7, 11) is -4.43. The molecule has 10 heteroatoms. The third-order valence-electron chi connectivity index (χ3n) is 8.83. The van der Waals surface area contributed by atoms with Crippen molar-refractivity contribution < 1.29 is 22.4 Å². The summed E-state index contributed by atoms with van der Waals surface area (Å²) in [6.07, 6.45) is 3.47. The maximum Gasteiger partial charge on any atom is 0.339 e. The number of carbonyl (C=O) groups excluding carboxylic acids is 2. The number of allylic oxidation sites excluding steroid dienone is 1. The molecule has 2 amide bonds. The molecule has 43 heavy (non-hydrogen) atoms. The number of amides is 2. The number of nitrogens with zero attached hydrogens (tertiary/aromatic N) is 1. The molecule has 3 aromatic carbocycles. The lowest BCUT2D eigenvalue weighted by atomic mass is 9.68. The Morgan fingerprint density at radius 2 is 1.72 bits per heavy atom. The first-order valence-corrected chi connectivity index (χ1v) is 16.2. The number of sulfonamides is 1. The highest BCUT2D eigenvalue weighted by Crippen LogP contribution is 2.58. The van der Waals surface area contributed by atoms with Gasteiger partial charge in [0.2, 0.25) is 0 Å². The van der Waals surface area contributed by atoms with Crippen molar-refractivity contribution in [3.05, 3.63) is 106 Å². The minimum absolute atomic E-state index is 0.134. The molecule has 0 saturated carbocycles. The number of quaternary nitrogens is 1. The third kappa shape index (κ3) is 5.22. The molecule has 2 unspecified atom stereocenters. The van der Waals surface area contributed by atoms with Crippen molar-refractivity contribution in [3.8, 4) is 0 Å². The molecule has 2 heterocycles. The van der Waals surface area contributed by atoms with E-state index >= 15 is 0 Å². The Morgan fingerprint density at radius 1 is 1.05 bits per heavy atom. The molecule has 5 rings (SSSR count). The van der Waals surface area contributed by atoms with E-state index in [-0.39, 0.29) is 17.3 Å². The van der Waals surface area contributed by atoms with E-state index in [1.807, 2.05) is 38.1 Å². The van der Waals surface area contributed by atoms with E-state index in [2.05, 4.69) is 10.6 Å². The molecule has 2 aliphatic rings. The monoisotopic (exact) mass is 624 g/mol. The van der Waals surface area contributed by atoms with Gasteiger partial charge >= 0.3 is 15.9 Å². The quantitative estimate of drug-likeness (QED) is 0.248. The lowest BCUT2D eigenvalue weighted by Gasteiger charge is -2.43. The first-order chi connectivity index (χ1) is 20.4. The number of hydrogen-bond donors (Lipinski definition) is 2. The van der Waals surface area contributed by atoms with Crippen molar-refractivity contribution in [1.82, 2.24) is 14.5 Å². The number of benzene rings is 3. The summed E-state index contributed by atoms with van der Waals surface area (Å²) in [6.45, 7) is 6.67. The maximum atomic E-state index is 14.8. The summed E-state index contributed by atoms with van der Waals surface area (Å²) in [5.41, 5.74) is 2.45. The lowest BCUT2D eigenvalue weighted by Crippen LogP contribution is -2.66. The van der Waals surface area contributed by atoms with E-state index in [9.17, 15) is 22.4 Å². The van der Waals surface area contributed by atoms with Gasteiger partial charge in [0.1, 0.15) is 16.8 Å². The van der Waals surface area contributed by atoms with Crippen molar-refractivity contribution in [3.63, 3.8) is 0 Å². The molecule has 2 aliphatic heterocycles. The van der Waals surface area contributed by atoms with Crippen LogP contribution in [-0.2, 0) is 26.8 Å². The van der Waals surface area contributed by atoms with Crippen molar-refractivity contribution >= 4 is 39.1 Å². The van der Waals surface area contributed by atoms with Crippen LogP contribution in [0.2, 0.25) is 5.02 Å². The van der Waals surface area contributed by atoms with Gasteiger partial charge in [0, 0.05) is 35.2 Å². The highest BCUT2D eigenvalue weighted by atomic mass is 35.5. The molecule has 0 bridgehead atoms. The first kappa shape index (κ1) is 31.1. The van der Waals surface area contributed by atoms with Gasteiger partial charge in [-0.25, -0.2) is 9.18 Å². The van der Waals surface area contributed by atoms with Crippen molar-refractivity contribution in [2.75, 3.05) is 13.1 Å². The highest BCUT2D eigenvalue weighted by molar-refractivity contribution is 7.91. The van der Waals surface area contributed by atoms with Crippen molar-refractivity contribution in [1.29, 1.82) is 0 Å². The van der Waals surface area contributed by atoms with Gasteiger partial charge in [-0.1, -0.05) is 41.4 Å². The Kier molecular flexibility index (Phi) is 8.64. The number of halogens is 2. The molecule has 2 N–H and O–H groups in total. The summed E-state index contributed by atoms with van der Waals surface area (Å²) < 4.78 is 42.5. The van der Waals surface area contributed by atoms with Crippen LogP contribution in [0.4, 0.5) is 10.1 Å². The Bertz CT molecular complexity index is 1700. The second kappa shape index (κ2) is 12.0. The Hall–Kier alpha value is -3.37. The van der Waals surface area contributed by atoms with Crippen LogP contribution in [0, 0.1) is 5.82 Å². The summed E-state index contributed by atoms with van der Waals surface area (Å²) in [5, 5.41) is 6.84. The average molecular weight is 625 g/mol. The molecule has 0 aromatic heterocycles. The fourth-order valence-electron chi connectivity index (χ4n) is 6.81. The average Bonchev–Trinajstić information content (AvgIpc) is 3.22. The minimum Gasteiger partial charge on any atom is -0.348 e. The van der Waals surface area contributed by atoms with E-state index < -0.39 is 37.1 Å². The maximum absolute atomic E-state index is 14.8. The summed E-state index contributed by atoms with van der Waals surface area (Å²) in [5.74, 6) is -1.45. The summed E-state index contributed by atoms with van der Waals surface area (Å²) in [4.78, 5) is 27.3. The number of piperidine rings is 1. The summed E-state index contributed by atoms with van der Waals surface area (Å²) in [6, 6.07) is 16.1. The van der Waals surface area contributed by atoms with Crippen LogP contribution in [-0.4, -0.2) is 39.4 Å². The predicted molar refractivity (Wildman–Crippen MR) is 167 cm³/mol. The zero-order valence-electron chi connectivity index (χ0n) is 24.5. The van der Waals surface area contributed by atoms with E-state index in [0.29, 0.717) is 54.2 Å². The highest BCUT2D eigenvalue weighted by Gasteiger charge is 2.69. The van der Waals surface area contributed by atoms with Crippen molar-refractivity contribution in [2.45, 2.75) is 62.9 Å². The largest absolute Gasteiger partial charge is 0.348 e. The number of nitrogens with one attached hydrogen (secondary N) is 2. The van der Waals surface area contributed by atoms with Gasteiger partial charge in [0.05, 0.1) is 12.3 Å². The Labute approximate surface area is 257 Å². The zero-order chi connectivity index (χ0) is 31.0. The smallest absolute Gasteiger partial charge is 0.339 e. The third-order valence-corrected chi connectivity index (χ3v) is 11.5. The van der Waals surface area contributed by atoms with Gasteiger partial charge in [0.15, 0.2) is 5.69 Å². The zero-order valence-corrected chi connectivity index (χ0v) is 26.1. The van der Waals surface area contributed by atoms with Crippen LogP contribution in [0.3, 0.4) is 0 Å². The molecule has 2 atom stereocenters. The summed E-state index contributed by atoms with van der Waals surface area (Å²) >= 11 is 6.29. The normalized spacial score (nSPS) is 20.8. The van der Waals surface area contributed by atoms with Crippen LogP contribution in [0.15, 0.2) is 83.3 Å². The van der Waals surface area contributed by atoms with Crippen LogP contribution in [0.5, 0.6) is 0 Å². The van der Waals surface area contributed by atoms with Gasteiger partial charge in [-0.3, -0.25) is 4.79 Å². The lowest BCUT2D eigenvalue weighted by molar-refractivity contribution is -0.125. The molecule has 7 nitrogen and oxygen atoms in total. The Morgan fingerprint density at radius 3 is 2.35 bits per heavy atom. The van der Waals surface area contributed by atoms with Gasteiger partial charge in [-0.05, 0) is 87.8 Å². The molecule has 226 valence electrons. The first-order valence-electron chi connectivity index (χ1n) is 14.4. The second-order valence-corrected chi connectivity index (χ2v) is 14.0. The molecular formula is C33H36ClFN3O4S+. The Balaban J connectivity index is 1.71. The molecule has 1 fully saturated rings. The number of carbonyl (C=O) groups is 2. The molecule has 3 aromatic rings.